The number of aromatic nitrogens is 2. The number of rotatable bonds is 3. The second-order valence-corrected chi connectivity index (χ2v) is 6.07. The van der Waals surface area contributed by atoms with Crippen LogP contribution in [0.1, 0.15) is 24.1 Å². The number of hydrogen-bond donors (Lipinski definition) is 2. The fourth-order valence-electron chi connectivity index (χ4n) is 2.66. The van der Waals surface area contributed by atoms with Gasteiger partial charge in [-0.05, 0) is 30.5 Å². The van der Waals surface area contributed by atoms with E-state index in [-0.39, 0.29) is 35.0 Å². The molecule has 1 aliphatic rings. The molecule has 0 amide bonds. The van der Waals surface area contributed by atoms with Gasteiger partial charge in [0.2, 0.25) is 0 Å². The van der Waals surface area contributed by atoms with E-state index in [4.69, 9.17) is 22.9 Å². The van der Waals surface area contributed by atoms with Crippen molar-refractivity contribution < 1.29 is 18.6 Å². The van der Waals surface area contributed by atoms with Crippen molar-refractivity contribution in [2.75, 3.05) is 0 Å². The Bertz CT molecular complexity index is 861. The fraction of sp³-hybridized carbons (Fsp3) is 0.267. The summed E-state index contributed by atoms with van der Waals surface area (Å²) in [5.41, 5.74) is -0.492. The molecule has 1 saturated carbocycles. The normalized spacial score (nSPS) is 16.2. The van der Waals surface area contributed by atoms with Crippen LogP contribution in [0.4, 0.5) is 13.2 Å². The van der Waals surface area contributed by atoms with E-state index in [1.807, 2.05) is 0 Å². The highest BCUT2D eigenvalue weighted by Gasteiger charge is 2.64. The topological polar surface area (TPSA) is 102 Å². The van der Waals surface area contributed by atoms with Crippen molar-refractivity contribution in [2.45, 2.75) is 24.4 Å². The van der Waals surface area contributed by atoms with Crippen molar-refractivity contribution in [3.8, 4) is 11.3 Å². The van der Waals surface area contributed by atoms with E-state index in [1.54, 1.807) is 6.07 Å². The molecule has 1 aromatic heterocycles. The third kappa shape index (κ3) is 3.07. The van der Waals surface area contributed by atoms with Gasteiger partial charge in [0.15, 0.2) is 5.69 Å². The molecule has 0 radical (unpaired) electrons. The van der Waals surface area contributed by atoms with Gasteiger partial charge in [0.05, 0.1) is 16.2 Å². The first-order valence-electron chi connectivity index (χ1n) is 7.21. The van der Waals surface area contributed by atoms with E-state index in [0.29, 0.717) is 11.3 Å². The van der Waals surface area contributed by atoms with E-state index < -0.39 is 11.6 Å². The van der Waals surface area contributed by atoms with E-state index >= 15 is 0 Å². The summed E-state index contributed by atoms with van der Waals surface area (Å²) in [5, 5.41) is 12.3. The molecule has 1 aliphatic carbocycles. The maximum Gasteiger partial charge on any atom is 0.398 e. The molecular formula is C15H13ClF3N6+. The Morgan fingerprint density at radius 1 is 1.24 bits per heavy atom. The lowest BCUT2D eigenvalue weighted by Gasteiger charge is -2.21. The van der Waals surface area contributed by atoms with Gasteiger partial charge >= 0.3 is 12.0 Å². The van der Waals surface area contributed by atoms with Crippen molar-refractivity contribution in [1.29, 1.82) is 0 Å². The number of halogens is 4. The summed E-state index contributed by atoms with van der Waals surface area (Å²) < 4.78 is 39.8. The van der Waals surface area contributed by atoms with Gasteiger partial charge in [-0.2, -0.15) is 13.2 Å². The van der Waals surface area contributed by atoms with Crippen LogP contribution in [0.5, 0.6) is 0 Å². The molecule has 3 rings (SSSR count). The monoisotopic (exact) mass is 369 g/mol. The predicted molar refractivity (Wildman–Crippen MR) is 84.5 cm³/mol. The number of alkyl halides is 3. The summed E-state index contributed by atoms with van der Waals surface area (Å²) in [6.07, 6.45) is -2.98. The zero-order valence-electron chi connectivity index (χ0n) is 12.8. The van der Waals surface area contributed by atoms with E-state index in [2.05, 4.69) is 20.3 Å². The first-order valence-corrected chi connectivity index (χ1v) is 7.59. The van der Waals surface area contributed by atoms with Gasteiger partial charge < -0.3 is 0 Å². The Kier molecular flexibility index (Phi) is 4.19. The van der Waals surface area contributed by atoms with E-state index in [9.17, 15) is 13.2 Å². The number of nitrogens with two attached hydrogens (primary N) is 2. The van der Waals surface area contributed by atoms with Crippen molar-refractivity contribution in [1.82, 2.24) is 9.97 Å². The van der Waals surface area contributed by atoms with Crippen LogP contribution in [0, 0.1) is 0 Å². The average Bonchev–Trinajstić information content (AvgIpc) is 3.36. The van der Waals surface area contributed by atoms with Gasteiger partial charge in [-0.3, -0.25) is 11.3 Å². The van der Waals surface area contributed by atoms with Crippen LogP contribution in [0.15, 0.2) is 40.9 Å². The van der Waals surface area contributed by atoms with Crippen molar-refractivity contribution in [3.63, 3.8) is 0 Å². The van der Waals surface area contributed by atoms with Crippen LogP contribution in [0.2, 0.25) is 5.02 Å². The third-order valence-electron chi connectivity index (χ3n) is 4.17. The van der Waals surface area contributed by atoms with Crippen LogP contribution in [0.25, 0.3) is 11.3 Å². The highest BCUT2D eigenvalue weighted by Crippen LogP contribution is 2.60. The number of amidine groups is 1. The first-order chi connectivity index (χ1) is 11.8. The molecule has 0 unspecified atom stereocenters. The molecule has 2 aromatic rings. The molecule has 10 heteroatoms. The van der Waals surface area contributed by atoms with Gasteiger partial charge in [0.25, 0.3) is 0 Å². The minimum Gasteiger partial charge on any atom is -0.284 e. The van der Waals surface area contributed by atoms with Gasteiger partial charge in [0, 0.05) is 15.8 Å². The minimum atomic E-state index is -4.32. The average molecular weight is 370 g/mol. The molecular weight excluding hydrogens is 357 g/mol. The van der Waals surface area contributed by atoms with Crippen molar-refractivity contribution >= 4 is 17.4 Å². The molecule has 4 N–H and O–H groups in total. The van der Waals surface area contributed by atoms with Gasteiger partial charge in [-0.15, -0.1) is 0 Å². The third-order valence-corrected chi connectivity index (χ3v) is 4.48. The second kappa shape index (κ2) is 6.07. The smallest absolute Gasteiger partial charge is 0.284 e. The van der Waals surface area contributed by atoms with E-state index in [1.165, 1.54) is 24.5 Å². The van der Waals surface area contributed by atoms with E-state index in [0.717, 1.165) is 0 Å². The van der Waals surface area contributed by atoms with Crippen molar-refractivity contribution in [2.24, 2.45) is 16.2 Å². The van der Waals surface area contributed by atoms with Crippen LogP contribution in [-0.4, -0.2) is 22.0 Å². The number of hydrogen-bond acceptors (Lipinski definition) is 3. The van der Waals surface area contributed by atoms with Gasteiger partial charge in [-0.25, -0.2) is 9.97 Å². The molecule has 0 saturated heterocycles. The summed E-state index contributed by atoms with van der Waals surface area (Å²) in [5.74, 6) is 4.93. The van der Waals surface area contributed by atoms with Crippen LogP contribution in [0.3, 0.4) is 0 Å². The quantitative estimate of drug-likeness (QED) is 0.285. The molecule has 1 aromatic carbocycles. The standard InChI is InChI=1S/C15H12ClF3N6/c16-10-5-8(1-2-9(10)14(3-4-14)15(17,18)19)11-6-12(23-7-22-11)13(20)24-25-21/h1-2,5-7H,3-4H2,(H3,20,21,24)/p+1. The molecule has 1 fully saturated rings. The highest BCUT2D eigenvalue weighted by molar-refractivity contribution is 6.31. The summed E-state index contributed by atoms with van der Waals surface area (Å²) in [7, 11) is 0. The zero-order chi connectivity index (χ0) is 18.2. The molecule has 0 aliphatic heterocycles. The maximum absolute atomic E-state index is 13.3. The lowest BCUT2D eigenvalue weighted by Crippen LogP contribution is -2.39. The lowest BCUT2D eigenvalue weighted by atomic mass is 9.93. The molecule has 25 heavy (non-hydrogen) atoms. The van der Waals surface area contributed by atoms with Crippen LogP contribution >= 0.6 is 11.6 Å². The summed E-state index contributed by atoms with van der Waals surface area (Å²) in [4.78, 5) is 8.03. The van der Waals surface area contributed by atoms with Gasteiger partial charge in [0.1, 0.15) is 6.33 Å². The Morgan fingerprint density at radius 2 is 1.96 bits per heavy atom. The molecule has 0 bridgehead atoms. The van der Waals surface area contributed by atoms with Crippen LogP contribution in [-0.2, 0) is 5.41 Å². The molecule has 0 spiro atoms. The predicted octanol–water partition coefficient (Wildman–Crippen LogP) is 2.22. The zero-order valence-corrected chi connectivity index (χ0v) is 13.5. The molecule has 1 heterocycles. The number of nitrogens with zero attached hydrogens (tertiary/aromatic N) is 4. The van der Waals surface area contributed by atoms with Crippen molar-refractivity contribution in [3.05, 3.63) is 46.9 Å². The molecule has 130 valence electrons. The Balaban J connectivity index is 1.97. The molecule has 6 nitrogen and oxygen atoms in total. The lowest BCUT2D eigenvalue weighted by molar-refractivity contribution is -0.160. The second-order valence-electron chi connectivity index (χ2n) is 5.66. The largest absolute Gasteiger partial charge is 0.398 e. The Labute approximate surface area is 145 Å². The first kappa shape index (κ1) is 17.3. The van der Waals surface area contributed by atoms with Gasteiger partial charge in [-0.1, -0.05) is 23.7 Å². The molecule has 0 atom stereocenters. The summed E-state index contributed by atoms with van der Waals surface area (Å²) >= 11 is 6.14. The summed E-state index contributed by atoms with van der Waals surface area (Å²) in [6, 6.07) is 5.91. The SMILES string of the molecule is NN=NC(=[NH2+])c1cc(-c2ccc(C3(C(F)(F)F)CC3)c(Cl)c2)ncn1. The maximum atomic E-state index is 13.3. The minimum absolute atomic E-state index is 0.0112. The highest BCUT2D eigenvalue weighted by atomic mass is 35.5. The number of benzene rings is 1. The summed E-state index contributed by atoms with van der Waals surface area (Å²) in [6.45, 7) is 0. The van der Waals surface area contributed by atoms with Crippen LogP contribution < -0.4 is 11.3 Å². The Morgan fingerprint density at radius 3 is 2.52 bits per heavy atom. The fourth-order valence-corrected chi connectivity index (χ4v) is 3.02. The Hall–Kier alpha value is -2.55.